The smallest absolute Gasteiger partial charge is 0.277 e. The quantitative estimate of drug-likeness (QED) is 0.691. The normalized spacial score (nSPS) is 19.9. The summed E-state index contributed by atoms with van der Waals surface area (Å²) in [6.07, 6.45) is 3.63. The highest BCUT2D eigenvalue weighted by Gasteiger charge is 2.36. The highest BCUT2D eigenvalue weighted by atomic mass is 16.6. The number of hydrogen-bond donors (Lipinski definition) is 1. The van der Waals surface area contributed by atoms with Gasteiger partial charge in [-0.3, -0.25) is 15.1 Å². The van der Waals surface area contributed by atoms with Crippen molar-refractivity contribution in [2.24, 2.45) is 0 Å². The number of rotatable bonds is 3. The van der Waals surface area contributed by atoms with Crippen LogP contribution in [0.1, 0.15) is 12.5 Å². The van der Waals surface area contributed by atoms with E-state index in [4.69, 9.17) is 4.74 Å². The molecule has 0 saturated carbocycles. The highest BCUT2D eigenvalue weighted by Crippen LogP contribution is 2.42. The van der Waals surface area contributed by atoms with E-state index in [1.807, 2.05) is 0 Å². The van der Waals surface area contributed by atoms with Crippen molar-refractivity contribution in [3.8, 4) is 16.9 Å². The third-order valence-corrected chi connectivity index (χ3v) is 3.62. The number of benzene rings is 1. The van der Waals surface area contributed by atoms with Gasteiger partial charge >= 0.3 is 0 Å². The summed E-state index contributed by atoms with van der Waals surface area (Å²) in [5.74, 6) is 0.587. The van der Waals surface area contributed by atoms with E-state index in [2.05, 4.69) is 4.98 Å². The van der Waals surface area contributed by atoms with E-state index in [1.54, 1.807) is 37.5 Å². The van der Waals surface area contributed by atoms with Crippen LogP contribution in [0.25, 0.3) is 11.1 Å². The molecule has 1 unspecified atom stereocenters. The molecule has 1 aliphatic heterocycles. The number of pyridine rings is 1. The van der Waals surface area contributed by atoms with E-state index in [0.717, 1.165) is 5.56 Å². The number of nitro benzene ring substituents is 1. The number of nitro groups is 1. The molecule has 1 aromatic carbocycles. The second kappa shape index (κ2) is 4.82. The first-order valence-corrected chi connectivity index (χ1v) is 6.54. The van der Waals surface area contributed by atoms with Crippen molar-refractivity contribution in [2.75, 3.05) is 6.61 Å². The zero-order valence-corrected chi connectivity index (χ0v) is 11.4. The van der Waals surface area contributed by atoms with Gasteiger partial charge in [0.2, 0.25) is 0 Å². The number of nitrogens with zero attached hydrogens (tertiary/aromatic N) is 2. The molecule has 1 aromatic heterocycles. The molecular formula is C15H14N2O4. The van der Waals surface area contributed by atoms with Crippen LogP contribution >= 0.6 is 0 Å². The lowest BCUT2D eigenvalue weighted by atomic mass is 9.97. The molecule has 2 heterocycles. The Balaban J connectivity index is 2.15. The topological polar surface area (TPSA) is 85.5 Å². The monoisotopic (exact) mass is 286 g/mol. The number of hydrogen-bond acceptors (Lipinski definition) is 5. The zero-order chi connectivity index (χ0) is 15.0. The maximum atomic E-state index is 11.3. The fourth-order valence-corrected chi connectivity index (χ4v) is 2.55. The van der Waals surface area contributed by atoms with E-state index in [9.17, 15) is 15.2 Å². The second-order valence-electron chi connectivity index (χ2n) is 5.36. The first kappa shape index (κ1) is 13.5. The third-order valence-electron chi connectivity index (χ3n) is 3.62. The van der Waals surface area contributed by atoms with Gasteiger partial charge in [0.15, 0.2) is 0 Å². The lowest BCUT2D eigenvalue weighted by Gasteiger charge is -2.20. The Labute approximate surface area is 121 Å². The minimum atomic E-state index is -0.715. The lowest BCUT2D eigenvalue weighted by Crippen LogP contribution is -2.34. The fraction of sp³-hybridized carbons (Fsp3) is 0.267. The minimum absolute atomic E-state index is 0.0331. The predicted octanol–water partition coefficient (Wildman–Crippen LogP) is 2.34. The number of fused-ring (bicyclic) bond motifs is 1. The second-order valence-corrected chi connectivity index (χ2v) is 5.36. The van der Waals surface area contributed by atoms with E-state index < -0.39 is 10.5 Å². The first-order chi connectivity index (χ1) is 10.0. The molecule has 0 fully saturated rings. The summed E-state index contributed by atoms with van der Waals surface area (Å²) in [6.45, 7) is 1.64. The van der Waals surface area contributed by atoms with Crippen LogP contribution in [-0.4, -0.2) is 27.2 Å². The average Bonchev–Trinajstić information content (AvgIpc) is 2.83. The number of aromatic nitrogens is 1. The van der Waals surface area contributed by atoms with Crippen LogP contribution in [0.15, 0.2) is 36.7 Å². The van der Waals surface area contributed by atoms with Crippen molar-refractivity contribution in [2.45, 2.75) is 18.9 Å². The minimum Gasteiger partial charge on any atom is -0.485 e. The van der Waals surface area contributed by atoms with Gasteiger partial charge in [0.25, 0.3) is 5.69 Å². The first-order valence-electron chi connectivity index (χ1n) is 6.54. The van der Waals surface area contributed by atoms with Gasteiger partial charge in [0, 0.05) is 30.4 Å². The van der Waals surface area contributed by atoms with E-state index in [-0.39, 0.29) is 12.3 Å². The predicted molar refractivity (Wildman–Crippen MR) is 76.2 cm³/mol. The molecule has 108 valence electrons. The van der Waals surface area contributed by atoms with Crippen molar-refractivity contribution in [3.63, 3.8) is 0 Å². The van der Waals surface area contributed by atoms with Crippen LogP contribution in [0.5, 0.6) is 5.75 Å². The Kier molecular flexibility index (Phi) is 3.10. The van der Waals surface area contributed by atoms with Crippen molar-refractivity contribution < 1.29 is 14.8 Å². The maximum Gasteiger partial charge on any atom is 0.277 e. The summed E-state index contributed by atoms with van der Waals surface area (Å²) >= 11 is 0. The van der Waals surface area contributed by atoms with Crippen molar-refractivity contribution in [1.82, 2.24) is 4.98 Å². The van der Waals surface area contributed by atoms with Crippen molar-refractivity contribution in [3.05, 3.63) is 52.3 Å². The maximum absolute atomic E-state index is 11.3. The van der Waals surface area contributed by atoms with Gasteiger partial charge in [-0.2, -0.15) is 0 Å². The van der Waals surface area contributed by atoms with E-state index in [0.29, 0.717) is 23.3 Å². The fourth-order valence-electron chi connectivity index (χ4n) is 2.55. The van der Waals surface area contributed by atoms with Gasteiger partial charge < -0.3 is 9.84 Å². The van der Waals surface area contributed by atoms with Crippen LogP contribution in [0.3, 0.4) is 0 Å². The molecule has 1 atom stereocenters. The van der Waals surface area contributed by atoms with Crippen LogP contribution < -0.4 is 4.74 Å². The lowest BCUT2D eigenvalue weighted by molar-refractivity contribution is -0.384. The zero-order valence-electron chi connectivity index (χ0n) is 11.4. The molecule has 0 bridgehead atoms. The third kappa shape index (κ3) is 2.34. The summed E-state index contributed by atoms with van der Waals surface area (Å²) in [4.78, 5) is 14.8. The molecule has 1 N–H and O–H groups in total. The van der Waals surface area contributed by atoms with Gasteiger partial charge in [-0.15, -0.1) is 0 Å². The Morgan fingerprint density at radius 1 is 1.43 bits per heavy atom. The van der Waals surface area contributed by atoms with Crippen LogP contribution in [0.4, 0.5) is 5.69 Å². The number of aliphatic hydroxyl groups is 1. The van der Waals surface area contributed by atoms with Crippen LogP contribution in [-0.2, 0) is 6.42 Å². The van der Waals surface area contributed by atoms with Gasteiger partial charge in [-0.1, -0.05) is 0 Å². The molecule has 3 rings (SSSR count). The summed E-state index contributed by atoms with van der Waals surface area (Å²) in [6, 6.07) is 6.64. The van der Waals surface area contributed by atoms with E-state index >= 15 is 0 Å². The molecule has 0 saturated heterocycles. The molecule has 0 radical (unpaired) electrons. The van der Waals surface area contributed by atoms with E-state index in [1.165, 1.54) is 6.07 Å². The van der Waals surface area contributed by atoms with Crippen LogP contribution in [0.2, 0.25) is 0 Å². The van der Waals surface area contributed by atoms with Crippen molar-refractivity contribution >= 4 is 5.69 Å². The molecule has 2 aromatic rings. The molecular weight excluding hydrogens is 272 g/mol. The molecule has 0 spiro atoms. The SMILES string of the molecule is CC1(CO)Cc2cc([N+](=O)[O-])c(-c3ccncc3)cc2O1. The molecule has 6 nitrogen and oxygen atoms in total. The standard InChI is InChI=1S/C15H14N2O4/c1-15(9-18)8-11-6-13(17(19)20)12(7-14(11)21-15)10-2-4-16-5-3-10/h2-7,18H,8-9H2,1H3. The Bertz CT molecular complexity index is 702. The van der Waals surface area contributed by atoms with Gasteiger partial charge in [-0.25, -0.2) is 0 Å². The van der Waals surface area contributed by atoms with Gasteiger partial charge in [0.05, 0.1) is 17.1 Å². The molecule has 0 amide bonds. The van der Waals surface area contributed by atoms with Gasteiger partial charge in [-0.05, 0) is 30.7 Å². The Morgan fingerprint density at radius 2 is 2.14 bits per heavy atom. The molecule has 21 heavy (non-hydrogen) atoms. The van der Waals surface area contributed by atoms with Crippen molar-refractivity contribution in [1.29, 1.82) is 0 Å². The summed E-state index contributed by atoms with van der Waals surface area (Å²) in [5, 5.41) is 20.7. The highest BCUT2D eigenvalue weighted by molar-refractivity contribution is 5.76. The average molecular weight is 286 g/mol. The Hall–Kier alpha value is -2.47. The van der Waals surface area contributed by atoms with Crippen LogP contribution in [0, 0.1) is 10.1 Å². The Morgan fingerprint density at radius 3 is 2.76 bits per heavy atom. The summed E-state index contributed by atoms with van der Waals surface area (Å²) < 4.78 is 5.75. The molecule has 1 aliphatic rings. The molecule has 0 aliphatic carbocycles. The summed E-state index contributed by atoms with van der Waals surface area (Å²) in [7, 11) is 0. The molecule has 6 heteroatoms. The number of ether oxygens (including phenoxy) is 1. The number of aliphatic hydroxyl groups excluding tert-OH is 1. The van der Waals surface area contributed by atoms with Gasteiger partial charge in [0.1, 0.15) is 11.4 Å². The largest absolute Gasteiger partial charge is 0.485 e. The summed E-state index contributed by atoms with van der Waals surface area (Å²) in [5.41, 5.74) is 1.26.